The summed E-state index contributed by atoms with van der Waals surface area (Å²) in [4.78, 5) is 18.7. The fourth-order valence-electron chi connectivity index (χ4n) is 3.16. The van der Waals surface area contributed by atoms with E-state index in [-0.39, 0.29) is 17.9 Å². The molecular formula is C17H24ClN3O2. The van der Waals surface area contributed by atoms with Crippen molar-refractivity contribution in [1.82, 2.24) is 9.88 Å². The number of nitrogens with zero attached hydrogens (tertiary/aromatic N) is 2. The predicted octanol–water partition coefficient (Wildman–Crippen LogP) is 2.94. The van der Waals surface area contributed by atoms with Crippen molar-refractivity contribution in [2.45, 2.75) is 38.5 Å². The van der Waals surface area contributed by atoms with Crippen LogP contribution in [0.2, 0.25) is 5.02 Å². The normalized spacial score (nSPS) is 19.5. The van der Waals surface area contributed by atoms with Gasteiger partial charge in [0.1, 0.15) is 5.82 Å². The zero-order valence-electron chi connectivity index (χ0n) is 13.4. The third kappa shape index (κ3) is 3.96. The number of aliphatic hydroxyl groups excluding tert-OH is 1. The summed E-state index contributed by atoms with van der Waals surface area (Å²) >= 11 is 6.29. The largest absolute Gasteiger partial charge is 0.396 e. The Labute approximate surface area is 142 Å². The number of carbonyl (C=O) groups excluding carboxylic acids is 1. The van der Waals surface area contributed by atoms with E-state index in [0.717, 1.165) is 51.7 Å². The van der Waals surface area contributed by atoms with Gasteiger partial charge in [0.25, 0.3) is 5.91 Å². The number of amides is 1. The van der Waals surface area contributed by atoms with E-state index in [9.17, 15) is 4.79 Å². The lowest BCUT2D eigenvalue weighted by Gasteiger charge is -2.26. The number of carbonyl (C=O) groups is 1. The van der Waals surface area contributed by atoms with Gasteiger partial charge in [0.15, 0.2) is 0 Å². The fraction of sp³-hybridized carbons (Fsp3) is 0.647. The molecule has 2 N–H and O–H groups in total. The van der Waals surface area contributed by atoms with Crippen LogP contribution >= 0.6 is 11.6 Å². The molecule has 1 aromatic rings. The van der Waals surface area contributed by atoms with Crippen LogP contribution in [0, 0.1) is 5.41 Å². The van der Waals surface area contributed by atoms with Gasteiger partial charge in [-0.05, 0) is 50.0 Å². The highest BCUT2D eigenvalue weighted by Crippen LogP contribution is 2.48. The van der Waals surface area contributed by atoms with Gasteiger partial charge in [0.05, 0.1) is 10.6 Å². The maximum absolute atomic E-state index is 12.5. The molecule has 23 heavy (non-hydrogen) atoms. The average Bonchev–Trinajstić information content (AvgIpc) is 3.34. The molecule has 126 valence electrons. The second-order valence-corrected chi connectivity index (χ2v) is 7.14. The van der Waals surface area contributed by atoms with E-state index < -0.39 is 0 Å². The van der Waals surface area contributed by atoms with E-state index in [0.29, 0.717) is 16.4 Å². The van der Waals surface area contributed by atoms with E-state index >= 15 is 0 Å². The molecule has 0 radical (unpaired) electrons. The Morgan fingerprint density at radius 1 is 1.35 bits per heavy atom. The van der Waals surface area contributed by atoms with Crippen molar-refractivity contribution in [3.05, 3.63) is 22.8 Å². The van der Waals surface area contributed by atoms with Crippen molar-refractivity contribution in [2.24, 2.45) is 5.41 Å². The van der Waals surface area contributed by atoms with Crippen LogP contribution in [0.3, 0.4) is 0 Å². The molecule has 0 unspecified atom stereocenters. The van der Waals surface area contributed by atoms with Crippen LogP contribution in [-0.2, 0) is 0 Å². The summed E-state index contributed by atoms with van der Waals surface area (Å²) in [6, 6.07) is 1.71. The molecule has 1 amide bonds. The number of nitrogens with one attached hydrogen (secondary N) is 1. The van der Waals surface area contributed by atoms with E-state index in [1.165, 1.54) is 6.42 Å². The maximum Gasteiger partial charge on any atom is 0.255 e. The van der Waals surface area contributed by atoms with Crippen molar-refractivity contribution in [3.8, 4) is 0 Å². The Hall–Kier alpha value is -1.33. The molecule has 1 aliphatic carbocycles. The molecule has 1 saturated carbocycles. The Morgan fingerprint density at radius 2 is 2.09 bits per heavy atom. The minimum absolute atomic E-state index is 0.0181. The Kier molecular flexibility index (Phi) is 5.07. The third-order valence-corrected chi connectivity index (χ3v) is 5.25. The number of piperidine rings is 1. The van der Waals surface area contributed by atoms with E-state index in [4.69, 9.17) is 16.7 Å². The molecule has 0 bridgehead atoms. The van der Waals surface area contributed by atoms with Crippen LogP contribution in [0.4, 0.5) is 5.82 Å². The molecule has 5 nitrogen and oxygen atoms in total. The van der Waals surface area contributed by atoms with Gasteiger partial charge in [0, 0.05) is 32.4 Å². The molecule has 2 fully saturated rings. The van der Waals surface area contributed by atoms with Crippen LogP contribution in [0.15, 0.2) is 12.3 Å². The molecule has 0 aromatic carbocycles. The van der Waals surface area contributed by atoms with Crippen molar-refractivity contribution in [1.29, 1.82) is 0 Å². The first-order valence-electron chi connectivity index (χ1n) is 8.43. The molecule has 1 aliphatic heterocycles. The number of anilines is 1. The number of rotatable bonds is 6. The van der Waals surface area contributed by atoms with Gasteiger partial charge in [-0.15, -0.1) is 0 Å². The third-order valence-electron chi connectivity index (χ3n) is 4.96. The van der Waals surface area contributed by atoms with Crippen LogP contribution in [0.1, 0.15) is 48.9 Å². The standard InChI is InChI=1S/C17H24ClN3O2/c18-14-10-13(16(23)21-7-2-1-3-8-21)11-19-15(14)20-12-17(4-5-17)6-9-22/h10-11,22H,1-9,12H2,(H,19,20). The van der Waals surface area contributed by atoms with E-state index in [1.54, 1.807) is 12.3 Å². The molecule has 6 heteroatoms. The SMILES string of the molecule is O=C(c1cnc(NCC2(CCO)CC2)c(Cl)c1)N1CCCCC1. The molecule has 2 heterocycles. The summed E-state index contributed by atoms with van der Waals surface area (Å²) < 4.78 is 0. The summed E-state index contributed by atoms with van der Waals surface area (Å²) in [5.41, 5.74) is 0.751. The predicted molar refractivity (Wildman–Crippen MR) is 90.9 cm³/mol. The van der Waals surface area contributed by atoms with Gasteiger partial charge >= 0.3 is 0 Å². The van der Waals surface area contributed by atoms with Crippen molar-refractivity contribution in [2.75, 3.05) is 31.6 Å². The van der Waals surface area contributed by atoms with Gasteiger partial charge in [-0.25, -0.2) is 4.98 Å². The fourth-order valence-corrected chi connectivity index (χ4v) is 3.40. The second kappa shape index (κ2) is 7.05. The summed E-state index contributed by atoms with van der Waals surface area (Å²) in [6.45, 7) is 2.62. The first kappa shape index (κ1) is 16.5. The highest BCUT2D eigenvalue weighted by molar-refractivity contribution is 6.33. The first-order valence-corrected chi connectivity index (χ1v) is 8.81. The quantitative estimate of drug-likeness (QED) is 0.837. The summed E-state index contributed by atoms with van der Waals surface area (Å²) in [5.74, 6) is 0.635. The highest BCUT2D eigenvalue weighted by Gasteiger charge is 2.41. The number of aliphatic hydroxyl groups is 1. The Bertz CT molecular complexity index is 569. The van der Waals surface area contributed by atoms with Crippen LogP contribution in [0.25, 0.3) is 0 Å². The highest BCUT2D eigenvalue weighted by atomic mass is 35.5. The number of pyridine rings is 1. The number of hydrogen-bond donors (Lipinski definition) is 2. The van der Waals surface area contributed by atoms with Gasteiger partial charge in [0.2, 0.25) is 0 Å². The topological polar surface area (TPSA) is 65.5 Å². The monoisotopic (exact) mass is 337 g/mol. The zero-order chi connectivity index (χ0) is 16.3. The molecule has 1 saturated heterocycles. The summed E-state index contributed by atoms with van der Waals surface area (Å²) in [5, 5.41) is 12.8. The molecule has 1 aromatic heterocycles. The summed E-state index contributed by atoms with van der Waals surface area (Å²) in [7, 11) is 0. The van der Waals surface area contributed by atoms with Crippen molar-refractivity contribution >= 4 is 23.3 Å². The number of aromatic nitrogens is 1. The van der Waals surface area contributed by atoms with Crippen LogP contribution in [-0.4, -0.2) is 47.1 Å². The van der Waals surface area contributed by atoms with Gasteiger partial charge in [-0.2, -0.15) is 0 Å². The average molecular weight is 338 g/mol. The molecule has 0 atom stereocenters. The summed E-state index contributed by atoms with van der Waals surface area (Å²) in [6.07, 6.45) is 8.01. The molecule has 3 rings (SSSR count). The molecular weight excluding hydrogens is 314 g/mol. The zero-order valence-corrected chi connectivity index (χ0v) is 14.1. The maximum atomic E-state index is 12.5. The van der Waals surface area contributed by atoms with Crippen molar-refractivity contribution < 1.29 is 9.90 Å². The number of hydrogen-bond acceptors (Lipinski definition) is 4. The lowest BCUT2D eigenvalue weighted by molar-refractivity contribution is 0.0724. The van der Waals surface area contributed by atoms with Crippen LogP contribution in [0.5, 0.6) is 0 Å². The van der Waals surface area contributed by atoms with E-state index in [1.807, 2.05) is 4.90 Å². The minimum atomic E-state index is 0.0181. The lowest BCUT2D eigenvalue weighted by Crippen LogP contribution is -2.35. The van der Waals surface area contributed by atoms with Gasteiger partial charge in [-0.1, -0.05) is 11.6 Å². The molecule has 0 spiro atoms. The number of likely N-dealkylation sites (tertiary alicyclic amines) is 1. The minimum Gasteiger partial charge on any atom is -0.396 e. The van der Waals surface area contributed by atoms with Gasteiger partial charge < -0.3 is 15.3 Å². The van der Waals surface area contributed by atoms with Gasteiger partial charge in [-0.3, -0.25) is 4.79 Å². The molecule has 2 aliphatic rings. The smallest absolute Gasteiger partial charge is 0.255 e. The first-order chi connectivity index (χ1) is 11.1. The lowest BCUT2D eigenvalue weighted by atomic mass is 10.0. The van der Waals surface area contributed by atoms with Crippen LogP contribution < -0.4 is 5.32 Å². The number of halogens is 1. The Balaban J connectivity index is 1.62. The van der Waals surface area contributed by atoms with Crippen molar-refractivity contribution in [3.63, 3.8) is 0 Å². The second-order valence-electron chi connectivity index (χ2n) is 6.73. The van der Waals surface area contributed by atoms with E-state index in [2.05, 4.69) is 10.3 Å². The Morgan fingerprint density at radius 3 is 2.70 bits per heavy atom.